The molecule has 1 saturated heterocycles. The van der Waals surface area contributed by atoms with Gasteiger partial charge in [0.1, 0.15) is 0 Å². The normalized spacial score (nSPS) is 24.5. The van der Waals surface area contributed by atoms with E-state index in [9.17, 15) is 4.79 Å². The minimum atomic E-state index is -0.204. The summed E-state index contributed by atoms with van der Waals surface area (Å²) in [6.07, 6.45) is 9.13. The predicted octanol–water partition coefficient (Wildman–Crippen LogP) is 1.95. The van der Waals surface area contributed by atoms with E-state index in [1.54, 1.807) is 0 Å². The number of hydrogen-bond donors (Lipinski definition) is 2. The van der Waals surface area contributed by atoms with Crippen molar-refractivity contribution in [2.75, 3.05) is 6.54 Å². The van der Waals surface area contributed by atoms with Gasteiger partial charge in [-0.2, -0.15) is 4.98 Å². The molecule has 2 aliphatic rings. The molecule has 1 aliphatic carbocycles. The summed E-state index contributed by atoms with van der Waals surface area (Å²) in [7, 11) is 0. The van der Waals surface area contributed by atoms with Crippen molar-refractivity contribution in [3.63, 3.8) is 0 Å². The van der Waals surface area contributed by atoms with Crippen molar-refractivity contribution in [3.8, 4) is 0 Å². The van der Waals surface area contributed by atoms with Gasteiger partial charge in [-0.15, -0.1) is 0 Å². The molecule has 1 aliphatic heterocycles. The van der Waals surface area contributed by atoms with Crippen LogP contribution in [0.1, 0.15) is 73.9 Å². The fourth-order valence-corrected chi connectivity index (χ4v) is 3.04. The molecule has 20 heavy (non-hydrogen) atoms. The molecule has 1 saturated carbocycles. The van der Waals surface area contributed by atoms with Crippen LogP contribution in [0.4, 0.5) is 0 Å². The lowest BCUT2D eigenvalue weighted by Crippen LogP contribution is -2.35. The first-order chi connectivity index (χ1) is 9.83. The quantitative estimate of drug-likeness (QED) is 0.826. The lowest BCUT2D eigenvalue weighted by Gasteiger charge is -2.14. The first-order valence-corrected chi connectivity index (χ1v) is 7.71. The molecule has 110 valence electrons. The third kappa shape index (κ3) is 3.17. The van der Waals surface area contributed by atoms with E-state index in [-0.39, 0.29) is 23.8 Å². The van der Waals surface area contributed by atoms with Gasteiger partial charge in [0.2, 0.25) is 5.89 Å². The second-order valence-electron chi connectivity index (χ2n) is 5.77. The van der Waals surface area contributed by atoms with Crippen LogP contribution in [0.15, 0.2) is 4.52 Å². The van der Waals surface area contributed by atoms with Gasteiger partial charge in [0.05, 0.1) is 6.04 Å². The van der Waals surface area contributed by atoms with Gasteiger partial charge >= 0.3 is 0 Å². The highest BCUT2D eigenvalue weighted by Gasteiger charge is 2.25. The molecule has 0 bridgehead atoms. The van der Waals surface area contributed by atoms with Crippen LogP contribution in [0.5, 0.6) is 0 Å². The molecule has 1 unspecified atom stereocenters. The zero-order valence-corrected chi connectivity index (χ0v) is 11.7. The average molecular weight is 278 g/mol. The Morgan fingerprint density at radius 3 is 2.65 bits per heavy atom. The molecule has 0 aromatic carbocycles. The number of carbonyl (C=O) groups excluding carboxylic acids is 1. The Hall–Kier alpha value is -1.43. The summed E-state index contributed by atoms with van der Waals surface area (Å²) in [4.78, 5) is 16.4. The molecule has 3 rings (SSSR count). The second kappa shape index (κ2) is 6.35. The van der Waals surface area contributed by atoms with Crippen LogP contribution < -0.4 is 10.6 Å². The Kier molecular flexibility index (Phi) is 4.30. The van der Waals surface area contributed by atoms with Crippen LogP contribution in [0.3, 0.4) is 0 Å². The fraction of sp³-hybridized carbons (Fsp3) is 0.786. The fourth-order valence-electron chi connectivity index (χ4n) is 3.04. The van der Waals surface area contributed by atoms with Gasteiger partial charge in [0, 0.05) is 6.04 Å². The lowest BCUT2D eigenvalue weighted by atomic mass is 10.1. The van der Waals surface area contributed by atoms with Gasteiger partial charge in [-0.3, -0.25) is 4.79 Å². The first kappa shape index (κ1) is 13.5. The minimum Gasteiger partial charge on any atom is -0.346 e. The summed E-state index contributed by atoms with van der Waals surface area (Å²) in [5.74, 6) is 0.497. The monoisotopic (exact) mass is 278 g/mol. The van der Waals surface area contributed by atoms with E-state index in [0.29, 0.717) is 5.89 Å². The van der Waals surface area contributed by atoms with Crippen molar-refractivity contribution in [1.29, 1.82) is 0 Å². The molecule has 0 spiro atoms. The molecule has 1 aromatic rings. The Morgan fingerprint density at radius 2 is 1.95 bits per heavy atom. The number of amides is 1. The number of carbonyl (C=O) groups is 1. The lowest BCUT2D eigenvalue weighted by molar-refractivity contribution is 0.0920. The maximum atomic E-state index is 12.1. The predicted molar refractivity (Wildman–Crippen MR) is 73.2 cm³/mol. The summed E-state index contributed by atoms with van der Waals surface area (Å²) in [5.41, 5.74) is 0. The molecule has 2 fully saturated rings. The van der Waals surface area contributed by atoms with E-state index < -0.39 is 0 Å². The van der Waals surface area contributed by atoms with Crippen LogP contribution in [-0.4, -0.2) is 28.6 Å². The van der Waals surface area contributed by atoms with Crippen molar-refractivity contribution in [2.24, 2.45) is 0 Å². The van der Waals surface area contributed by atoms with Crippen LogP contribution in [0.25, 0.3) is 0 Å². The molecule has 2 heterocycles. The van der Waals surface area contributed by atoms with E-state index in [0.717, 1.165) is 32.2 Å². The Balaban J connectivity index is 1.58. The highest BCUT2D eigenvalue weighted by molar-refractivity contribution is 5.90. The maximum absolute atomic E-state index is 12.1. The van der Waals surface area contributed by atoms with Gasteiger partial charge in [-0.25, -0.2) is 0 Å². The van der Waals surface area contributed by atoms with Crippen molar-refractivity contribution >= 4 is 5.91 Å². The molecular formula is C14H22N4O2. The standard InChI is InChI=1S/C14H22N4O2/c19-13(16-10-6-3-1-2-4-7-10)12-17-14(20-18-12)11-8-5-9-15-11/h10-11,15H,1-9H2,(H,16,19). The molecule has 6 nitrogen and oxygen atoms in total. The number of rotatable bonds is 3. The summed E-state index contributed by atoms with van der Waals surface area (Å²) >= 11 is 0. The topological polar surface area (TPSA) is 80.0 Å². The van der Waals surface area contributed by atoms with E-state index in [4.69, 9.17) is 4.52 Å². The summed E-state index contributed by atoms with van der Waals surface area (Å²) in [6, 6.07) is 0.374. The Morgan fingerprint density at radius 1 is 1.15 bits per heavy atom. The zero-order valence-electron chi connectivity index (χ0n) is 11.7. The largest absolute Gasteiger partial charge is 0.346 e. The van der Waals surface area contributed by atoms with Gasteiger partial charge in [-0.1, -0.05) is 30.8 Å². The minimum absolute atomic E-state index is 0.113. The number of aromatic nitrogens is 2. The van der Waals surface area contributed by atoms with Crippen molar-refractivity contribution < 1.29 is 9.32 Å². The summed E-state index contributed by atoms with van der Waals surface area (Å²) in [6.45, 7) is 0.969. The van der Waals surface area contributed by atoms with Crippen LogP contribution in [0, 0.1) is 0 Å². The smallest absolute Gasteiger partial charge is 0.292 e. The summed E-state index contributed by atoms with van der Waals surface area (Å²) < 4.78 is 5.20. The molecule has 6 heteroatoms. The number of nitrogens with zero attached hydrogens (tertiary/aromatic N) is 2. The highest BCUT2D eigenvalue weighted by atomic mass is 16.5. The SMILES string of the molecule is O=C(NC1CCCCCC1)c1noc(C2CCCN2)n1. The van der Waals surface area contributed by atoms with Crippen LogP contribution in [-0.2, 0) is 0 Å². The molecule has 1 atom stereocenters. The highest BCUT2D eigenvalue weighted by Crippen LogP contribution is 2.21. The average Bonchev–Trinajstić information content (AvgIpc) is 3.07. The molecule has 0 radical (unpaired) electrons. The van der Waals surface area contributed by atoms with Gasteiger partial charge in [0.25, 0.3) is 11.7 Å². The Labute approximate surface area is 118 Å². The van der Waals surface area contributed by atoms with Gasteiger partial charge in [0.15, 0.2) is 0 Å². The summed E-state index contributed by atoms with van der Waals surface area (Å²) in [5, 5.41) is 10.1. The van der Waals surface area contributed by atoms with Gasteiger partial charge in [-0.05, 0) is 32.2 Å². The third-order valence-corrected chi connectivity index (χ3v) is 4.19. The number of hydrogen-bond acceptors (Lipinski definition) is 5. The van der Waals surface area contributed by atoms with E-state index >= 15 is 0 Å². The van der Waals surface area contributed by atoms with Crippen molar-refractivity contribution in [1.82, 2.24) is 20.8 Å². The van der Waals surface area contributed by atoms with Crippen LogP contribution in [0.2, 0.25) is 0 Å². The van der Waals surface area contributed by atoms with E-state index in [2.05, 4.69) is 20.8 Å². The van der Waals surface area contributed by atoms with E-state index in [1.165, 1.54) is 25.7 Å². The zero-order chi connectivity index (χ0) is 13.8. The Bertz CT molecular complexity index is 446. The molecular weight excluding hydrogens is 256 g/mol. The maximum Gasteiger partial charge on any atom is 0.292 e. The molecule has 1 aromatic heterocycles. The third-order valence-electron chi connectivity index (χ3n) is 4.19. The van der Waals surface area contributed by atoms with Crippen molar-refractivity contribution in [3.05, 3.63) is 11.7 Å². The van der Waals surface area contributed by atoms with Crippen molar-refractivity contribution in [2.45, 2.75) is 63.5 Å². The van der Waals surface area contributed by atoms with Gasteiger partial charge < -0.3 is 15.2 Å². The number of nitrogens with one attached hydrogen (secondary N) is 2. The van der Waals surface area contributed by atoms with E-state index in [1.807, 2.05) is 0 Å². The first-order valence-electron chi connectivity index (χ1n) is 7.71. The molecule has 2 N–H and O–H groups in total. The molecule has 1 amide bonds. The van der Waals surface area contributed by atoms with Crippen LogP contribution >= 0.6 is 0 Å². The second-order valence-corrected chi connectivity index (χ2v) is 5.77.